The summed E-state index contributed by atoms with van der Waals surface area (Å²) in [6.45, 7) is 3.08. The van der Waals surface area contributed by atoms with Crippen LogP contribution in [0.4, 0.5) is 0 Å². The first kappa shape index (κ1) is 11.6. The maximum absolute atomic E-state index is 5.51. The van der Waals surface area contributed by atoms with Crippen LogP contribution in [-0.2, 0) is 13.1 Å². The lowest BCUT2D eigenvalue weighted by Gasteiger charge is -2.06. The molecule has 0 amide bonds. The van der Waals surface area contributed by atoms with Gasteiger partial charge in [-0.25, -0.2) is 4.98 Å². The van der Waals surface area contributed by atoms with Crippen LogP contribution in [0.5, 0.6) is 5.75 Å². The highest BCUT2D eigenvalue weighted by Gasteiger charge is 2.02. The van der Waals surface area contributed by atoms with Crippen LogP contribution in [0.1, 0.15) is 17.1 Å². The number of aryl methyl sites for hydroxylation is 1. The number of aromatic nitrogens is 3. The molecule has 2 rings (SSSR count). The monoisotopic (exact) mass is 232 g/mol. The van der Waals surface area contributed by atoms with Gasteiger partial charge in [-0.3, -0.25) is 4.98 Å². The zero-order chi connectivity index (χ0) is 12.3. The van der Waals surface area contributed by atoms with E-state index in [1.165, 1.54) is 0 Å². The summed E-state index contributed by atoms with van der Waals surface area (Å²) in [7, 11) is 1.66. The molecule has 5 heteroatoms. The summed E-state index contributed by atoms with van der Waals surface area (Å²) in [6.07, 6.45) is 3.69. The fraction of sp³-hybridized carbons (Fsp3) is 0.333. The summed E-state index contributed by atoms with van der Waals surface area (Å²) in [4.78, 5) is 8.63. The fourth-order valence-electron chi connectivity index (χ4n) is 1.69. The van der Waals surface area contributed by atoms with Crippen LogP contribution < -0.4 is 10.5 Å². The number of hydrogen-bond donors (Lipinski definition) is 1. The lowest BCUT2D eigenvalue weighted by Crippen LogP contribution is -2.01. The second kappa shape index (κ2) is 4.97. The number of nitrogens with zero attached hydrogens (tertiary/aromatic N) is 3. The van der Waals surface area contributed by atoms with Crippen molar-refractivity contribution < 1.29 is 4.74 Å². The van der Waals surface area contributed by atoms with Gasteiger partial charge < -0.3 is 15.0 Å². The minimum atomic E-state index is 0.456. The molecule has 0 unspecified atom stereocenters. The molecular weight excluding hydrogens is 216 g/mol. The van der Waals surface area contributed by atoms with Crippen molar-refractivity contribution in [2.75, 3.05) is 7.11 Å². The van der Waals surface area contributed by atoms with Crippen LogP contribution in [0.2, 0.25) is 0 Å². The highest BCUT2D eigenvalue weighted by Crippen LogP contribution is 2.14. The van der Waals surface area contributed by atoms with Crippen LogP contribution in [-0.4, -0.2) is 21.6 Å². The first-order chi connectivity index (χ1) is 8.21. The topological polar surface area (TPSA) is 66.0 Å². The lowest BCUT2D eigenvalue weighted by molar-refractivity contribution is 0.413. The second-order valence-corrected chi connectivity index (χ2v) is 3.88. The Morgan fingerprint density at radius 2 is 2.18 bits per heavy atom. The van der Waals surface area contributed by atoms with Crippen molar-refractivity contribution in [1.29, 1.82) is 0 Å². The summed E-state index contributed by atoms with van der Waals surface area (Å²) in [5.74, 6) is 0.826. The lowest BCUT2D eigenvalue weighted by atomic mass is 10.3. The predicted molar refractivity (Wildman–Crippen MR) is 64.7 cm³/mol. The Bertz CT molecular complexity index is 507. The molecular formula is C12H16N4O. The van der Waals surface area contributed by atoms with Crippen molar-refractivity contribution in [3.8, 4) is 5.75 Å². The number of rotatable bonds is 4. The minimum absolute atomic E-state index is 0.456. The molecule has 0 radical (unpaired) electrons. The van der Waals surface area contributed by atoms with Gasteiger partial charge >= 0.3 is 0 Å². The van der Waals surface area contributed by atoms with E-state index >= 15 is 0 Å². The fourth-order valence-corrected chi connectivity index (χ4v) is 1.69. The molecule has 0 aliphatic heterocycles. The zero-order valence-corrected chi connectivity index (χ0v) is 10.1. The molecule has 0 spiro atoms. The normalized spacial score (nSPS) is 10.5. The van der Waals surface area contributed by atoms with Gasteiger partial charge in [-0.1, -0.05) is 0 Å². The summed E-state index contributed by atoms with van der Waals surface area (Å²) in [5, 5.41) is 0. The van der Waals surface area contributed by atoms with Crippen LogP contribution in [0, 0.1) is 6.92 Å². The van der Waals surface area contributed by atoms with Gasteiger partial charge in [-0.15, -0.1) is 0 Å². The van der Waals surface area contributed by atoms with Gasteiger partial charge in [0.05, 0.1) is 31.4 Å². The summed E-state index contributed by atoms with van der Waals surface area (Å²) in [6, 6.07) is 3.83. The minimum Gasteiger partial charge on any atom is -0.497 e. The number of nitrogens with two attached hydrogens (primary N) is 1. The van der Waals surface area contributed by atoms with Crippen molar-refractivity contribution in [3.05, 3.63) is 41.7 Å². The van der Waals surface area contributed by atoms with Gasteiger partial charge in [0.1, 0.15) is 5.75 Å². The Morgan fingerprint density at radius 3 is 2.82 bits per heavy atom. The Kier molecular flexibility index (Phi) is 3.39. The van der Waals surface area contributed by atoms with E-state index in [9.17, 15) is 0 Å². The SMILES string of the molecule is COc1cc(C)nc(Cn2cnc(CN)c2)c1. The van der Waals surface area contributed by atoms with Crippen molar-refractivity contribution in [1.82, 2.24) is 14.5 Å². The molecule has 2 aromatic rings. The van der Waals surface area contributed by atoms with E-state index in [1.807, 2.05) is 29.8 Å². The van der Waals surface area contributed by atoms with E-state index < -0.39 is 0 Å². The predicted octanol–water partition coefficient (Wildman–Crippen LogP) is 1.10. The molecule has 5 nitrogen and oxygen atoms in total. The standard InChI is InChI=1S/C12H16N4O/c1-9-3-12(17-2)4-10(15-9)6-16-7-11(5-13)14-8-16/h3-4,7-8H,5-6,13H2,1-2H3. The number of imidazole rings is 1. The molecule has 0 atom stereocenters. The van der Waals surface area contributed by atoms with Gasteiger partial charge in [0, 0.05) is 30.6 Å². The molecule has 90 valence electrons. The Balaban J connectivity index is 2.20. The van der Waals surface area contributed by atoms with E-state index in [4.69, 9.17) is 10.5 Å². The maximum Gasteiger partial charge on any atom is 0.122 e. The van der Waals surface area contributed by atoms with Crippen molar-refractivity contribution in [3.63, 3.8) is 0 Å². The van der Waals surface area contributed by atoms with Crippen LogP contribution >= 0.6 is 0 Å². The maximum atomic E-state index is 5.51. The largest absolute Gasteiger partial charge is 0.497 e. The molecule has 0 fully saturated rings. The summed E-state index contributed by atoms with van der Waals surface area (Å²) >= 11 is 0. The molecule has 0 aromatic carbocycles. The van der Waals surface area contributed by atoms with E-state index in [0.29, 0.717) is 13.1 Å². The van der Waals surface area contributed by atoms with Crippen molar-refractivity contribution in [2.24, 2.45) is 5.73 Å². The van der Waals surface area contributed by atoms with Gasteiger partial charge in [0.25, 0.3) is 0 Å². The molecule has 0 aliphatic carbocycles. The molecule has 2 N–H and O–H groups in total. The second-order valence-electron chi connectivity index (χ2n) is 3.88. The first-order valence-electron chi connectivity index (χ1n) is 5.43. The number of methoxy groups -OCH3 is 1. The first-order valence-corrected chi connectivity index (χ1v) is 5.43. The molecule has 17 heavy (non-hydrogen) atoms. The third kappa shape index (κ3) is 2.82. The number of hydrogen-bond acceptors (Lipinski definition) is 4. The Hall–Kier alpha value is -1.88. The number of ether oxygens (including phenoxy) is 1. The van der Waals surface area contributed by atoms with E-state index in [-0.39, 0.29) is 0 Å². The third-order valence-electron chi connectivity index (χ3n) is 2.46. The molecule has 0 aliphatic rings. The van der Waals surface area contributed by atoms with E-state index in [0.717, 1.165) is 22.8 Å². The van der Waals surface area contributed by atoms with Crippen LogP contribution in [0.15, 0.2) is 24.7 Å². The Morgan fingerprint density at radius 1 is 1.35 bits per heavy atom. The number of pyridine rings is 1. The van der Waals surface area contributed by atoms with E-state index in [1.54, 1.807) is 13.4 Å². The molecule has 2 heterocycles. The van der Waals surface area contributed by atoms with Gasteiger partial charge in [0.15, 0.2) is 0 Å². The van der Waals surface area contributed by atoms with Crippen LogP contribution in [0.25, 0.3) is 0 Å². The van der Waals surface area contributed by atoms with Gasteiger partial charge in [0.2, 0.25) is 0 Å². The third-order valence-corrected chi connectivity index (χ3v) is 2.46. The quantitative estimate of drug-likeness (QED) is 0.857. The summed E-state index contributed by atoms with van der Waals surface area (Å²) in [5.41, 5.74) is 8.28. The van der Waals surface area contributed by atoms with Gasteiger partial charge in [-0.05, 0) is 6.92 Å². The average Bonchev–Trinajstić information content (AvgIpc) is 2.76. The average molecular weight is 232 g/mol. The highest BCUT2D eigenvalue weighted by molar-refractivity contribution is 5.26. The molecule has 0 bridgehead atoms. The van der Waals surface area contributed by atoms with Crippen molar-refractivity contribution >= 4 is 0 Å². The van der Waals surface area contributed by atoms with Crippen LogP contribution in [0.3, 0.4) is 0 Å². The van der Waals surface area contributed by atoms with E-state index in [2.05, 4.69) is 9.97 Å². The Labute approximate surface area is 100 Å². The summed E-state index contributed by atoms with van der Waals surface area (Å²) < 4.78 is 7.18. The molecule has 0 saturated carbocycles. The smallest absolute Gasteiger partial charge is 0.122 e. The highest BCUT2D eigenvalue weighted by atomic mass is 16.5. The van der Waals surface area contributed by atoms with Crippen molar-refractivity contribution in [2.45, 2.75) is 20.0 Å². The zero-order valence-electron chi connectivity index (χ0n) is 10.1. The molecule has 2 aromatic heterocycles. The molecule has 0 saturated heterocycles. The van der Waals surface area contributed by atoms with Gasteiger partial charge in [-0.2, -0.15) is 0 Å².